The molecule has 4 rings (SSSR count). The maximum atomic E-state index is 12.8. The summed E-state index contributed by atoms with van der Waals surface area (Å²) in [4.78, 5) is 51.1. The molecule has 38 heavy (non-hydrogen) atoms. The van der Waals surface area contributed by atoms with Gasteiger partial charge in [0.2, 0.25) is 0 Å². The fourth-order valence-corrected chi connectivity index (χ4v) is 4.72. The van der Waals surface area contributed by atoms with Crippen LogP contribution in [0.5, 0.6) is 11.5 Å². The molecule has 8 nitrogen and oxygen atoms in total. The molecule has 3 aromatic carbocycles. The van der Waals surface area contributed by atoms with Crippen molar-refractivity contribution < 1.29 is 28.7 Å². The number of carbonyl (C=O) groups excluding carboxylic acids is 4. The van der Waals surface area contributed by atoms with E-state index in [1.54, 1.807) is 66.7 Å². The largest absolute Gasteiger partial charge is 0.493 e. The van der Waals surface area contributed by atoms with Gasteiger partial charge in [0, 0.05) is 15.7 Å². The number of ether oxygens (including phenoxy) is 2. The van der Waals surface area contributed by atoms with Gasteiger partial charge in [-0.2, -0.15) is 0 Å². The zero-order valence-electron chi connectivity index (χ0n) is 19.9. The van der Waals surface area contributed by atoms with E-state index in [2.05, 4.69) is 21.2 Å². The lowest BCUT2D eigenvalue weighted by atomic mass is 10.1. The Labute approximate surface area is 236 Å². The van der Waals surface area contributed by atoms with Gasteiger partial charge in [0.25, 0.3) is 17.1 Å². The number of benzene rings is 3. The van der Waals surface area contributed by atoms with Gasteiger partial charge in [-0.05, 0) is 69.7 Å². The topological polar surface area (TPSA) is 102 Å². The third-order valence-corrected chi connectivity index (χ3v) is 7.46. The molecule has 194 valence electrons. The van der Waals surface area contributed by atoms with Crippen LogP contribution >= 0.6 is 39.3 Å². The average Bonchev–Trinajstić information content (AvgIpc) is 3.17. The Balaban J connectivity index is 1.40. The molecule has 0 saturated carbocycles. The molecule has 1 aliphatic rings. The zero-order chi connectivity index (χ0) is 27.2. The molecule has 11 heteroatoms. The molecule has 0 bridgehead atoms. The van der Waals surface area contributed by atoms with Gasteiger partial charge in [0.15, 0.2) is 23.9 Å². The highest BCUT2D eigenvalue weighted by Gasteiger charge is 2.36. The number of ketones is 1. The number of anilines is 1. The summed E-state index contributed by atoms with van der Waals surface area (Å²) in [7, 11) is 1.44. The Bertz CT molecular complexity index is 1450. The SMILES string of the molecule is COc1cc(/C=C2/SC(=O)N(CC(=O)c3ccccc3)C2=O)ccc1OCC(=O)Nc1ccc(Br)c(Cl)c1. The molecule has 1 aliphatic heterocycles. The Kier molecular flexibility index (Phi) is 8.88. The monoisotopic (exact) mass is 614 g/mol. The van der Waals surface area contributed by atoms with Crippen molar-refractivity contribution in [3.05, 3.63) is 92.3 Å². The standard InChI is InChI=1S/C27H20BrClN2O6S/c1-36-23-11-16(7-10-22(23)37-15-25(33)30-18-8-9-19(28)20(29)13-18)12-24-26(34)31(27(35)38-24)14-21(32)17-5-3-2-4-6-17/h2-13H,14-15H2,1H3,(H,30,33)/b24-12+. The first-order valence-corrected chi connectivity index (χ1v) is 13.1. The predicted octanol–water partition coefficient (Wildman–Crippen LogP) is 6.05. The molecule has 0 spiro atoms. The third kappa shape index (κ3) is 6.63. The minimum absolute atomic E-state index is 0.180. The van der Waals surface area contributed by atoms with E-state index in [1.807, 2.05) is 0 Å². The van der Waals surface area contributed by atoms with E-state index >= 15 is 0 Å². The first-order valence-electron chi connectivity index (χ1n) is 11.1. The smallest absolute Gasteiger partial charge is 0.293 e. The van der Waals surface area contributed by atoms with Crippen molar-refractivity contribution in [3.8, 4) is 11.5 Å². The number of hydrogen-bond donors (Lipinski definition) is 1. The maximum Gasteiger partial charge on any atom is 0.293 e. The molecule has 0 aromatic heterocycles. The molecule has 0 radical (unpaired) electrons. The van der Waals surface area contributed by atoms with Gasteiger partial charge in [0.05, 0.1) is 23.6 Å². The van der Waals surface area contributed by atoms with Crippen LogP contribution in [-0.2, 0) is 9.59 Å². The van der Waals surface area contributed by atoms with E-state index < -0.39 is 17.1 Å². The number of rotatable bonds is 9. The molecule has 1 saturated heterocycles. The van der Waals surface area contributed by atoms with Crippen LogP contribution in [0.25, 0.3) is 6.08 Å². The van der Waals surface area contributed by atoms with E-state index in [1.165, 1.54) is 13.2 Å². The van der Waals surface area contributed by atoms with Crippen LogP contribution in [-0.4, -0.2) is 48.0 Å². The lowest BCUT2D eigenvalue weighted by Crippen LogP contribution is -2.33. The molecular formula is C27H20BrClN2O6S. The number of halogens is 2. The van der Waals surface area contributed by atoms with Crippen LogP contribution in [0.3, 0.4) is 0 Å². The van der Waals surface area contributed by atoms with Gasteiger partial charge in [-0.15, -0.1) is 0 Å². The highest BCUT2D eigenvalue weighted by molar-refractivity contribution is 9.10. The molecule has 0 unspecified atom stereocenters. The van der Waals surface area contributed by atoms with E-state index in [4.69, 9.17) is 21.1 Å². The van der Waals surface area contributed by atoms with E-state index in [9.17, 15) is 19.2 Å². The van der Waals surface area contributed by atoms with Crippen molar-refractivity contribution in [2.45, 2.75) is 0 Å². The molecule has 3 amide bonds. The quantitative estimate of drug-likeness (QED) is 0.231. The number of imide groups is 1. The number of Topliss-reactive ketones (excluding diaryl/α,β-unsaturated/α-hetero) is 1. The van der Waals surface area contributed by atoms with E-state index in [0.29, 0.717) is 37.8 Å². The Morgan fingerprint density at radius 1 is 1.05 bits per heavy atom. The summed E-state index contributed by atoms with van der Waals surface area (Å²) >= 11 is 10.1. The molecule has 1 heterocycles. The Hall–Kier alpha value is -3.60. The number of methoxy groups -OCH3 is 1. The number of thioether (sulfide) groups is 1. The van der Waals surface area contributed by atoms with Crippen LogP contribution in [0.1, 0.15) is 15.9 Å². The summed E-state index contributed by atoms with van der Waals surface area (Å²) in [6.45, 7) is -0.617. The summed E-state index contributed by atoms with van der Waals surface area (Å²) in [6, 6.07) is 18.4. The first kappa shape index (κ1) is 27.4. The van der Waals surface area contributed by atoms with E-state index in [-0.39, 0.29) is 23.8 Å². The van der Waals surface area contributed by atoms with Gasteiger partial charge in [-0.1, -0.05) is 48.0 Å². The van der Waals surface area contributed by atoms with Crippen molar-refractivity contribution in [2.24, 2.45) is 0 Å². The van der Waals surface area contributed by atoms with Crippen molar-refractivity contribution in [1.29, 1.82) is 0 Å². The molecule has 3 aromatic rings. The van der Waals surface area contributed by atoms with Crippen molar-refractivity contribution in [2.75, 3.05) is 25.6 Å². The Morgan fingerprint density at radius 3 is 2.53 bits per heavy atom. The maximum absolute atomic E-state index is 12.8. The average molecular weight is 616 g/mol. The minimum Gasteiger partial charge on any atom is -0.493 e. The Morgan fingerprint density at radius 2 is 1.82 bits per heavy atom. The highest BCUT2D eigenvalue weighted by Crippen LogP contribution is 2.35. The van der Waals surface area contributed by atoms with Crippen LogP contribution in [0.15, 0.2) is 76.1 Å². The number of amides is 3. The number of nitrogens with zero attached hydrogens (tertiary/aromatic N) is 1. The molecule has 0 atom stereocenters. The predicted molar refractivity (Wildman–Crippen MR) is 150 cm³/mol. The van der Waals surface area contributed by atoms with Crippen molar-refractivity contribution in [3.63, 3.8) is 0 Å². The lowest BCUT2D eigenvalue weighted by molar-refractivity contribution is -0.122. The third-order valence-electron chi connectivity index (χ3n) is 5.32. The highest BCUT2D eigenvalue weighted by atomic mass is 79.9. The molecule has 0 aliphatic carbocycles. The minimum atomic E-state index is -0.548. The zero-order valence-corrected chi connectivity index (χ0v) is 23.1. The number of nitrogens with one attached hydrogen (secondary N) is 1. The number of hydrogen-bond acceptors (Lipinski definition) is 7. The molecular weight excluding hydrogens is 596 g/mol. The molecule has 1 fully saturated rings. The van der Waals surface area contributed by atoms with Gasteiger partial charge in [-0.25, -0.2) is 0 Å². The van der Waals surface area contributed by atoms with Crippen LogP contribution < -0.4 is 14.8 Å². The van der Waals surface area contributed by atoms with Gasteiger partial charge in [0.1, 0.15) is 0 Å². The first-order chi connectivity index (χ1) is 18.2. The summed E-state index contributed by atoms with van der Waals surface area (Å²) in [5.41, 5.74) is 1.52. The van der Waals surface area contributed by atoms with Gasteiger partial charge in [-0.3, -0.25) is 24.1 Å². The fourth-order valence-electron chi connectivity index (χ4n) is 3.45. The summed E-state index contributed by atoms with van der Waals surface area (Å²) in [5, 5.41) is 2.64. The fraction of sp³-hybridized carbons (Fsp3) is 0.111. The van der Waals surface area contributed by atoms with Crippen molar-refractivity contribution in [1.82, 2.24) is 4.90 Å². The lowest BCUT2D eigenvalue weighted by Gasteiger charge is -2.12. The van der Waals surface area contributed by atoms with Crippen LogP contribution in [0.4, 0.5) is 10.5 Å². The van der Waals surface area contributed by atoms with E-state index in [0.717, 1.165) is 16.7 Å². The number of carbonyl (C=O) groups is 4. The summed E-state index contributed by atoms with van der Waals surface area (Å²) in [6.07, 6.45) is 1.54. The normalized spacial score (nSPS) is 14.1. The van der Waals surface area contributed by atoms with Crippen LogP contribution in [0.2, 0.25) is 5.02 Å². The summed E-state index contributed by atoms with van der Waals surface area (Å²) < 4.78 is 11.7. The molecule has 1 N–H and O–H groups in total. The van der Waals surface area contributed by atoms with Crippen LogP contribution in [0, 0.1) is 0 Å². The van der Waals surface area contributed by atoms with Gasteiger partial charge >= 0.3 is 0 Å². The second-order valence-corrected chi connectivity index (χ2v) is 10.2. The van der Waals surface area contributed by atoms with Gasteiger partial charge < -0.3 is 14.8 Å². The second-order valence-electron chi connectivity index (χ2n) is 7.93. The summed E-state index contributed by atoms with van der Waals surface area (Å²) in [5.74, 6) is -0.627. The van der Waals surface area contributed by atoms with Crippen molar-refractivity contribution >= 4 is 73.9 Å². The second kappa shape index (κ2) is 12.3.